The molecule has 4 rings (SSSR count). The van der Waals surface area contributed by atoms with Crippen molar-refractivity contribution in [1.29, 1.82) is 0 Å². The Bertz CT molecular complexity index is 1100. The van der Waals surface area contributed by atoms with Gasteiger partial charge in [-0.1, -0.05) is 18.2 Å². The van der Waals surface area contributed by atoms with Crippen LogP contribution in [0.4, 0.5) is 11.8 Å². The number of hydrogen-bond donors (Lipinski definition) is 3. The van der Waals surface area contributed by atoms with Crippen molar-refractivity contribution in [3.05, 3.63) is 42.0 Å². The molecule has 3 aromatic rings. The third-order valence-corrected chi connectivity index (χ3v) is 6.25. The molecule has 0 bridgehead atoms. The number of fused-ring (bicyclic) bond motifs is 1. The molecule has 0 amide bonds. The molecule has 2 aromatic carbocycles. The lowest BCUT2D eigenvalue weighted by Gasteiger charge is -2.30. The van der Waals surface area contributed by atoms with Crippen LogP contribution in [0.3, 0.4) is 0 Å². The minimum atomic E-state index is 0.129. The van der Waals surface area contributed by atoms with Crippen LogP contribution >= 0.6 is 0 Å². The molecule has 0 unspecified atom stereocenters. The normalized spacial score (nSPS) is 18.2. The van der Waals surface area contributed by atoms with Crippen molar-refractivity contribution in [2.45, 2.75) is 44.3 Å². The van der Waals surface area contributed by atoms with Crippen molar-refractivity contribution in [2.75, 3.05) is 38.5 Å². The summed E-state index contributed by atoms with van der Waals surface area (Å²) in [5, 5.41) is 18.7. The minimum absolute atomic E-state index is 0.129. The summed E-state index contributed by atoms with van der Waals surface area (Å²) in [6.45, 7) is 0.578. The fourth-order valence-corrected chi connectivity index (χ4v) is 4.44. The molecule has 1 heterocycles. The predicted octanol–water partition coefficient (Wildman–Crippen LogP) is 3.93. The summed E-state index contributed by atoms with van der Waals surface area (Å²) >= 11 is 0. The third-order valence-electron chi connectivity index (χ3n) is 6.25. The average molecular weight is 452 g/mol. The summed E-state index contributed by atoms with van der Waals surface area (Å²) in [6, 6.07) is 12.5. The molecule has 1 fully saturated rings. The highest BCUT2D eigenvalue weighted by Gasteiger charge is 2.23. The minimum Gasteiger partial charge on any atom is -0.504 e. The van der Waals surface area contributed by atoms with Crippen LogP contribution in [0, 0.1) is 0 Å². The molecular formula is C25H33N5O3. The van der Waals surface area contributed by atoms with Gasteiger partial charge in [0.1, 0.15) is 5.82 Å². The van der Waals surface area contributed by atoms with Gasteiger partial charge in [0.15, 0.2) is 11.5 Å². The van der Waals surface area contributed by atoms with E-state index >= 15 is 0 Å². The lowest BCUT2D eigenvalue weighted by atomic mass is 9.91. The van der Waals surface area contributed by atoms with Gasteiger partial charge in [-0.15, -0.1) is 0 Å². The molecule has 1 aliphatic carbocycles. The molecule has 8 nitrogen and oxygen atoms in total. The SMILES string of the molecule is COc1ccc(CNC2CCC(Nc3nc(N(C)C)c4ccccc4n3)CC2)c(O)c1OC. The van der Waals surface area contributed by atoms with Crippen molar-refractivity contribution in [1.82, 2.24) is 15.3 Å². The summed E-state index contributed by atoms with van der Waals surface area (Å²) in [5.41, 5.74) is 1.75. The Morgan fingerprint density at radius 1 is 0.970 bits per heavy atom. The largest absolute Gasteiger partial charge is 0.504 e. The number of aromatic hydroxyl groups is 1. The van der Waals surface area contributed by atoms with E-state index in [4.69, 9.17) is 19.4 Å². The third kappa shape index (κ3) is 5.06. The quantitative estimate of drug-likeness (QED) is 0.475. The fourth-order valence-electron chi connectivity index (χ4n) is 4.44. The average Bonchev–Trinajstić information content (AvgIpc) is 2.83. The number of phenols is 1. The summed E-state index contributed by atoms with van der Waals surface area (Å²) in [6.07, 6.45) is 4.14. The molecule has 0 aliphatic heterocycles. The van der Waals surface area contributed by atoms with Gasteiger partial charge in [-0.25, -0.2) is 4.98 Å². The monoisotopic (exact) mass is 451 g/mol. The molecule has 3 N–H and O–H groups in total. The highest BCUT2D eigenvalue weighted by molar-refractivity contribution is 5.90. The molecule has 176 valence electrons. The number of ether oxygens (including phenoxy) is 2. The van der Waals surface area contributed by atoms with E-state index in [1.165, 1.54) is 7.11 Å². The van der Waals surface area contributed by atoms with Crippen LogP contribution in [0.1, 0.15) is 31.2 Å². The molecule has 0 saturated heterocycles. The van der Waals surface area contributed by atoms with Gasteiger partial charge >= 0.3 is 0 Å². The van der Waals surface area contributed by atoms with Crippen LogP contribution in [-0.2, 0) is 6.54 Å². The van der Waals surface area contributed by atoms with Crippen LogP contribution < -0.4 is 25.0 Å². The number of para-hydroxylation sites is 1. The summed E-state index contributed by atoms with van der Waals surface area (Å²) < 4.78 is 10.5. The van der Waals surface area contributed by atoms with Gasteiger partial charge < -0.3 is 30.1 Å². The maximum absolute atomic E-state index is 10.5. The molecular weight excluding hydrogens is 418 g/mol. The predicted molar refractivity (Wildman–Crippen MR) is 132 cm³/mol. The number of rotatable bonds is 8. The van der Waals surface area contributed by atoms with Crippen molar-refractivity contribution in [3.8, 4) is 17.2 Å². The molecule has 0 radical (unpaired) electrons. The first-order valence-electron chi connectivity index (χ1n) is 11.4. The van der Waals surface area contributed by atoms with E-state index < -0.39 is 0 Å². The lowest BCUT2D eigenvalue weighted by molar-refractivity contribution is 0.326. The second kappa shape index (κ2) is 10.1. The molecule has 33 heavy (non-hydrogen) atoms. The zero-order valence-electron chi connectivity index (χ0n) is 19.8. The van der Waals surface area contributed by atoms with Crippen molar-refractivity contribution in [3.63, 3.8) is 0 Å². The second-order valence-corrected chi connectivity index (χ2v) is 8.66. The Kier molecular flexibility index (Phi) is 7.03. The highest BCUT2D eigenvalue weighted by Crippen LogP contribution is 2.39. The molecule has 1 aromatic heterocycles. The highest BCUT2D eigenvalue weighted by atomic mass is 16.5. The Morgan fingerprint density at radius 2 is 1.70 bits per heavy atom. The van der Waals surface area contributed by atoms with Crippen molar-refractivity contribution < 1.29 is 14.6 Å². The number of nitrogens with one attached hydrogen (secondary N) is 2. The van der Waals surface area contributed by atoms with E-state index in [1.54, 1.807) is 7.11 Å². The molecule has 8 heteroatoms. The summed E-state index contributed by atoms with van der Waals surface area (Å²) in [7, 11) is 7.10. The van der Waals surface area contributed by atoms with Crippen LogP contribution in [0.2, 0.25) is 0 Å². The number of aromatic nitrogens is 2. The van der Waals surface area contributed by atoms with E-state index in [1.807, 2.05) is 49.3 Å². The molecule has 1 aliphatic rings. The number of nitrogens with zero attached hydrogens (tertiary/aromatic N) is 3. The van der Waals surface area contributed by atoms with E-state index in [9.17, 15) is 5.11 Å². The molecule has 1 saturated carbocycles. The van der Waals surface area contributed by atoms with E-state index in [0.29, 0.717) is 36.1 Å². The van der Waals surface area contributed by atoms with Gasteiger partial charge in [0.25, 0.3) is 0 Å². The number of anilines is 2. The number of methoxy groups -OCH3 is 2. The van der Waals surface area contributed by atoms with E-state index in [0.717, 1.165) is 48.0 Å². The summed E-state index contributed by atoms with van der Waals surface area (Å²) in [4.78, 5) is 11.5. The Hall–Kier alpha value is -3.26. The molecule has 0 spiro atoms. The topological polar surface area (TPSA) is 91.8 Å². The number of hydrogen-bond acceptors (Lipinski definition) is 8. The van der Waals surface area contributed by atoms with E-state index in [2.05, 4.69) is 16.7 Å². The summed E-state index contributed by atoms with van der Waals surface area (Å²) in [5.74, 6) is 2.64. The van der Waals surface area contributed by atoms with Gasteiger partial charge in [0, 0.05) is 43.7 Å². The number of phenolic OH excluding ortho intramolecular Hbond substituents is 1. The van der Waals surface area contributed by atoms with Crippen molar-refractivity contribution in [2.24, 2.45) is 0 Å². The van der Waals surface area contributed by atoms with Gasteiger partial charge in [-0.2, -0.15) is 4.98 Å². The van der Waals surface area contributed by atoms with Gasteiger partial charge in [-0.05, 0) is 43.9 Å². The van der Waals surface area contributed by atoms with E-state index in [-0.39, 0.29) is 5.75 Å². The smallest absolute Gasteiger partial charge is 0.225 e. The Balaban J connectivity index is 1.34. The fraction of sp³-hybridized carbons (Fsp3) is 0.440. The lowest BCUT2D eigenvalue weighted by Crippen LogP contribution is -2.37. The first-order valence-corrected chi connectivity index (χ1v) is 11.4. The van der Waals surface area contributed by atoms with Crippen LogP contribution in [0.5, 0.6) is 17.2 Å². The maximum Gasteiger partial charge on any atom is 0.225 e. The van der Waals surface area contributed by atoms with Gasteiger partial charge in [-0.3, -0.25) is 0 Å². The maximum atomic E-state index is 10.5. The van der Waals surface area contributed by atoms with Crippen molar-refractivity contribution >= 4 is 22.7 Å². The molecule has 0 atom stereocenters. The zero-order chi connectivity index (χ0) is 23.4. The van der Waals surface area contributed by atoms with Gasteiger partial charge in [0.2, 0.25) is 11.7 Å². The Morgan fingerprint density at radius 3 is 2.39 bits per heavy atom. The first kappa shape index (κ1) is 22.9. The van der Waals surface area contributed by atoms with Crippen LogP contribution in [0.25, 0.3) is 10.9 Å². The second-order valence-electron chi connectivity index (χ2n) is 8.66. The standard InChI is InChI=1S/C25H33N5O3/c1-30(2)24-19-7-5-6-8-20(19)28-25(29-24)27-18-12-10-17(11-13-18)26-15-16-9-14-21(32-3)23(33-4)22(16)31/h5-9,14,17-18,26,31H,10-13,15H2,1-4H3,(H,27,28,29). The first-order chi connectivity index (χ1) is 16.0. The zero-order valence-corrected chi connectivity index (χ0v) is 19.8. The van der Waals surface area contributed by atoms with Crippen LogP contribution in [0.15, 0.2) is 36.4 Å². The van der Waals surface area contributed by atoms with Crippen LogP contribution in [-0.4, -0.2) is 55.5 Å². The van der Waals surface area contributed by atoms with Gasteiger partial charge in [0.05, 0.1) is 19.7 Å². The Labute approximate surface area is 194 Å². The number of benzene rings is 2.